The van der Waals surface area contributed by atoms with Crippen molar-refractivity contribution in [2.24, 2.45) is 5.92 Å². The summed E-state index contributed by atoms with van der Waals surface area (Å²) in [4.78, 5) is 3.85. The van der Waals surface area contributed by atoms with Crippen LogP contribution >= 0.6 is 11.3 Å². The van der Waals surface area contributed by atoms with Gasteiger partial charge in [-0.05, 0) is 5.92 Å². The number of hydrogen-bond donors (Lipinski definition) is 0. The number of hydrogen-bond acceptors (Lipinski definition) is 4. The molecule has 0 aliphatic heterocycles. The maximum absolute atomic E-state index is 12.0. The first-order valence-corrected chi connectivity index (χ1v) is 7.20. The minimum absolute atomic E-state index is 0.185. The van der Waals surface area contributed by atoms with Crippen LogP contribution in [0.15, 0.2) is 15.9 Å². The maximum atomic E-state index is 12.0. The van der Waals surface area contributed by atoms with E-state index in [2.05, 4.69) is 4.98 Å². The van der Waals surface area contributed by atoms with E-state index in [1.807, 2.05) is 20.8 Å². The Balaban J connectivity index is 2.93. The fraction of sp³-hybridized carbons (Fsp3) is 0.667. The lowest BCUT2D eigenvalue weighted by molar-refractivity contribution is 0.380. The van der Waals surface area contributed by atoms with E-state index in [1.54, 1.807) is 5.38 Å². The smallest absolute Gasteiger partial charge is 0.233 e. The van der Waals surface area contributed by atoms with Gasteiger partial charge in [0.1, 0.15) is 0 Å². The van der Waals surface area contributed by atoms with Gasteiger partial charge in [0.25, 0.3) is 10.0 Å². The largest absolute Gasteiger partial charge is 0.270 e. The van der Waals surface area contributed by atoms with Crippen LogP contribution in [0.5, 0.6) is 0 Å². The molecule has 0 aromatic carbocycles. The fourth-order valence-electron chi connectivity index (χ4n) is 1.25. The van der Waals surface area contributed by atoms with Gasteiger partial charge >= 0.3 is 0 Å². The summed E-state index contributed by atoms with van der Waals surface area (Å²) in [6, 6.07) is 0. The van der Waals surface area contributed by atoms with Crippen LogP contribution in [0.25, 0.3) is 0 Å². The van der Waals surface area contributed by atoms with Crippen LogP contribution in [0.1, 0.15) is 20.8 Å². The average molecular weight is 248 g/mol. The summed E-state index contributed by atoms with van der Waals surface area (Å²) >= 11 is 1.16. The standard InChI is InChI=1S/C9H16N2O2S2/c1-4-11(7-8(2)3)15(12,13)9-10-5-6-14-9/h5-6,8H,4,7H2,1-3H3. The summed E-state index contributed by atoms with van der Waals surface area (Å²) in [5, 5.41) is 1.68. The van der Waals surface area contributed by atoms with Gasteiger partial charge in [-0.3, -0.25) is 0 Å². The molecule has 0 fully saturated rings. The molecule has 0 amide bonds. The quantitative estimate of drug-likeness (QED) is 0.798. The molecule has 1 heterocycles. The average Bonchev–Trinajstić information content (AvgIpc) is 2.66. The third-order valence-corrected chi connectivity index (χ3v) is 5.01. The first-order valence-electron chi connectivity index (χ1n) is 4.88. The van der Waals surface area contributed by atoms with Crippen molar-refractivity contribution in [2.75, 3.05) is 13.1 Å². The van der Waals surface area contributed by atoms with E-state index in [-0.39, 0.29) is 4.34 Å². The molecule has 0 aliphatic rings. The first kappa shape index (κ1) is 12.6. The molecule has 0 aliphatic carbocycles. The summed E-state index contributed by atoms with van der Waals surface area (Å²) in [5.41, 5.74) is 0. The second-order valence-corrected chi connectivity index (χ2v) is 6.65. The Morgan fingerprint density at radius 1 is 1.53 bits per heavy atom. The van der Waals surface area contributed by atoms with E-state index in [0.29, 0.717) is 19.0 Å². The second kappa shape index (κ2) is 5.05. The van der Waals surface area contributed by atoms with Crippen molar-refractivity contribution in [2.45, 2.75) is 25.1 Å². The molecule has 86 valence electrons. The zero-order valence-electron chi connectivity index (χ0n) is 9.17. The highest BCUT2D eigenvalue weighted by atomic mass is 32.2. The minimum atomic E-state index is -3.36. The molecule has 0 bridgehead atoms. The van der Waals surface area contributed by atoms with Gasteiger partial charge in [-0.2, -0.15) is 4.31 Å². The Bertz CT molecular complexity index is 384. The highest BCUT2D eigenvalue weighted by Crippen LogP contribution is 2.18. The van der Waals surface area contributed by atoms with Crippen LogP contribution < -0.4 is 0 Å². The Kier molecular flexibility index (Phi) is 4.24. The molecule has 15 heavy (non-hydrogen) atoms. The molecule has 0 radical (unpaired) electrons. The third kappa shape index (κ3) is 2.99. The first-order chi connectivity index (χ1) is 6.98. The molecule has 0 spiro atoms. The van der Waals surface area contributed by atoms with Gasteiger partial charge in [-0.25, -0.2) is 13.4 Å². The molecular formula is C9H16N2O2S2. The molecule has 1 aromatic heterocycles. The summed E-state index contributed by atoms with van der Waals surface area (Å²) in [6.07, 6.45) is 1.51. The summed E-state index contributed by atoms with van der Waals surface area (Å²) in [7, 11) is -3.36. The van der Waals surface area contributed by atoms with Crippen molar-refractivity contribution in [3.05, 3.63) is 11.6 Å². The van der Waals surface area contributed by atoms with Gasteiger partial charge in [0.05, 0.1) is 0 Å². The van der Waals surface area contributed by atoms with E-state index in [4.69, 9.17) is 0 Å². The molecule has 4 nitrogen and oxygen atoms in total. The van der Waals surface area contributed by atoms with Crippen molar-refractivity contribution >= 4 is 21.4 Å². The van der Waals surface area contributed by atoms with Gasteiger partial charge in [0, 0.05) is 24.7 Å². The Labute approximate surface area is 95.0 Å². The van der Waals surface area contributed by atoms with Gasteiger partial charge in [-0.1, -0.05) is 20.8 Å². The van der Waals surface area contributed by atoms with E-state index >= 15 is 0 Å². The molecule has 0 N–H and O–H groups in total. The molecule has 0 saturated carbocycles. The van der Waals surface area contributed by atoms with Crippen LogP contribution in [0, 0.1) is 5.92 Å². The SMILES string of the molecule is CCN(CC(C)C)S(=O)(=O)c1nccs1. The lowest BCUT2D eigenvalue weighted by Crippen LogP contribution is -2.33. The van der Waals surface area contributed by atoms with Crippen LogP contribution in [0.3, 0.4) is 0 Å². The van der Waals surface area contributed by atoms with Crippen molar-refractivity contribution in [3.8, 4) is 0 Å². The molecule has 1 aromatic rings. The molecule has 1 rings (SSSR count). The summed E-state index contributed by atoms with van der Waals surface area (Å²) in [5.74, 6) is 0.319. The van der Waals surface area contributed by atoms with Crippen LogP contribution in [0.4, 0.5) is 0 Å². The van der Waals surface area contributed by atoms with Crippen LogP contribution in [-0.4, -0.2) is 30.8 Å². The summed E-state index contributed by atoms with van der Waals surface area (Å²) in [6.45, 7) is 6.87. The van der Waals surface area contributed by atoms with Crippen molar-refractivity contribution in [1.82, 2.24) is 9.29 Å². The van der Waals surface area contributed by atoms with Gasteiger partial charge < -0.3 is 0 Å². The fourth-order valence-corrected chi connectivity index (χ4v) is 3.83. The predicted octanol–water partition coefficient (Wildman–Crippen LogP) is 1.81. The third-order valence-electron chi connectivity index (χ3n) is 1.89. The van der Waals surface area contributed by atoms with Crippen LogP contribution in [0.2, 0.25) is 0 Å². The lowest BCUT2D eigenvalue weighted by Gasteiger charge is -2.20. The van der Waals surface area contributed by atoms with E-state index in [9.17, 15) is 8.42 Å². The Hall–Kier alpha value is -0.460. The Morgan fingerprint density at radius 2 is 2.20 bits per heavy atom. The Morgan fingerprint density at radius 3 is 2.60 bits per heavy atom. The number of rotatable bonds is 5. The maximum Gasteiger partial charge on any atom is 0.270 e. The van der Waals surface area contributed by atoms with E-state index in [1.165, 1.54) is 10.5 Å². The number of thiazole rings is 1. The van der Waals surface area contributed by atoms with E-state index < -0.39 is 10.0 Å². The van der Waals surface area contributed by atoms with E-state index in [0.717, 1.165) is 11.3 Å². The van der Waals surface area contributed by atoms with Gasteiger partial charge in [0.15, 0.2) is 0 Å². The van der Waals surface area contributed by atoms with Crippen LogP contribution in [-0.2, 0) is 10.0 Å². The second-order valence-electron chi connectivity index (χ2n) is 3.65. The molecule has 0 unspecified atom stereocenters. The van der Waals surface area contributed by atoms with Crippen molar-refractivity contribution in [3.63, 3.8) is 0 Å². The van der Waals surface area contributed by atoms with Gasteiger partial charge in [0.2, 0.25) is 4.34 Å². The minimum Gasteiger partial charge on any atom is -0.233 e. The molecule has 0 atom stereocenters. The highest BCUT2D eigenvalue weighted by Gasteiger charge is 2.25. The topological polar surface area (TPSA) is 50.3 Å². The number of sulfonamides is 1. The zero-order chi connectivity index (χ0) is 11.5. The predicted molar refractivity (Wildman–Crippen MR) is 61.4 cm³/mol. The molecule has 6 heteroatoms. The highest BCUT2D eigenvalue weighted by molar-refractivity contribution is 7.91. The normalized spacial score (nSPS) is 12.6. The van der Waals surface area contributed by atoms with Gasteiger partial charge in [-0.15, -0.1) is 11.3 Å². The van der Waals surface area contributed by atoms with Crippen molar-refractivity contribution < 1.29 is 8.42 Å². The zero-order valence-corrected chi connectivity index (χ0v) is 10.8. The summed E-state index contributed by atoms with van der Waals surface area (Å²) < 4.78 is 25.7. The number of nitrogens with zero attached hydrogens (tertiary/aromatic N) is 2. The lowest BCUT2D eigenvalue weighted by atomic mass is 10.2. The monoisotopic (exact) mass is 248 g/mol. The molecular weight excluding hydrogens is 232 g/mol. The van der Waals surface area contributed by atoms with Crippen molar-refractivity contribution in [1.29, 1.82) is 0 Å². The molecule has 0 saturated heterocycles. The number of aromatic nitrogens is 1.